The maximum atomic E-state index is 6.25. The maximum absolute atomic E-state index is 6.25. The molecule has 1 unspecified atom stereocenters. The van der Waals surface area contributed by atoms with Gasteiger partial charge in [0.05, 0.1) is 5.60 Å². The third-order valence-corrected chi connectivity index (χ3v) is 4.59. The fourth-order valence-electron chi connectivity index (χ4n) is 3.57. The van der Waals surface area contributed by atoms with Crippen LogP contribution in [0.2, 0.25) is 0 Å². The van der Waals surface area contributed by atoms with Gasteiger partial charge in [-0.3, -0.25) is 0 Å². The summed E-state index contributed by atoms with van der Waals surface area (Å²) < 4.78 is 6.25. The van der Waals surface area contributed by atoms with Crippen molar-refractivity contribution in [1.29, 1.82) is 0 Å². The number of hydrogen-bond acceptors (Lipinski definition) is 2. The molecule has 0 bridgehead atoms. The summed E-state index contributed by atoms with van der Waals surface area (Å²) in [4.78, 5) is 0. The molecule has 1 saturated carbocycles. The van der Waals surface area contributed by atoms with Gasteiger partial charge in [-0.05, 0) is 50.5 Å². The van der Waals surface area contributed by atoms with Crippen molar-refractivity contribution in [3.05, 3.63) is 0 Å². The molecule has 1 saturated heterocycles. The molecule has 94 valence electrons. The Hall–Kier alpha value is -0.0800. The minimum Gasteiger partial charge on any atom is -0.375 e. The van der Waals surface area contributed by atoms with E-state index < -0.39 is 0 Å². The van der Waals surface area contributed by atoms with Gasteiger partial charge in [-0.1, -0.05) is 26.2 Å². The van der Waals surface area contributed by atoms with Crippen LogP contribution in [-0.2, 0) is 4.74 Å². The van der Waals surface area contributed by atoms with E-state index in [1.807, 2.05) is 0 Å². The first-order valence-corrected chi connectivity index (χ1v) is 7.02. The van der Waals surface area contributed by atoms with Crippen LogP contribution in [0.15, 0.2) is 0 Å². The lowest BCUT2D eigenvalue weighted by Crippen LogP contribution is -2.45. The molecule has 2 N–H and O–H groups in total. The third kappa shape index (κ3) is 2.78. The molecule has 0 aromatic rings. The number of hydrogen-bond donors (Lipinski definition) is 1. The highest BCUT2D eigenvalue weighted by molar-refractivity contribution is 4.94. The average molecular weight is 225 g/mol. The second kappa shape index (κ2) is 5.05. The fraction of sp³-hybridized carbons (Fsp3) is 1.00. The first-order chi connectivity index (χ1) is 7.68. The molecule has 1 spiro atoms. The van der Waals surface area contributed by atoms with E-state index in [1.54, 1.807) is 0 Å². The molecule has 1 heterocycles. The molecular weight excluding hydrogens is 198 g/mol. The fourth-order valence-corrected chi connectivity index (χ4v) is 3.57. The molecule has 1 aliphatic carbocycles. The van der Waals surface area contributed by atoms with Crippen LogP contribution < -0.4 is 5.73 Å². The third-order valence-electron chi connectivity index (χ3n) is 4.59. The lowest BCUT2D eigenvalue weighted by molar-refractivity contribution is -0.111. The summed E-state index contributed by atoms with van der Waals surface area (Å²) in [6, 6.07) is 0. The largest absolute Gasteiger partial charge is 0.375 e. The predicted molar refractivity (Wildman–Crippen MR) is 67.4 cm³/mol. The van der Waals surface area contributed by atoms with E-state index in [9.17, 15) is 0 Å². The molecule has 2 aliphatic rings. The molecular formula is C14H27NO. The summed E-state index contributed by atoms with van der Waals surface area (Å²) in [7, 11) is 0. The van der Waals surface area contributed by atoms with Gasteiger partial charge in [-0.2, -0.15) is 0 Å². The Labute approximate surface area is 99.9 Å². The minimum atomic E-state index is 0.187. The van der Waals surface area contributed by atoms with Gasteiger partial charge in [-0.15, -0.1) is 0 Å². The highest BCUT2D eigenvalue weighted by atomic mass is 16.5. The van der Waals surface area contributed by atoms with Gasteiger partial charge in [0.2, 0.25) is 0 Å². The van der Waals surface area contributed by atoms with Crippen LogP contribution >= 0.6 is 0 Å². The molecule has 2 nitrogen and oxygen atoms in total. The van der Waals surface area contributed by atoms with E-state index in [0.29, 0.717) is 5.41 Å². The van der Waals surface area contributed by atoms with Crippen molar-refractivity contribution >= 4 is 0 Å². The van der Waals surface area contributed by atoms with E-state index in [1.165, 1.54) is 57.8 Å². The van der Waals surface area contributed by atoms with Crippen molar-refractivity contribution in [2.24, 2.45) is 11.1 Å². The first-order valence-electron chi connectivity index (χ1n) is 7.02. The van der Waals surface area contributed by atoms with Crippen LogP contribution in [0.25, 0.3) is 0 Å². The molecule has 2 atom stereocenters. The maximum Gasteiger partial charge on any atom is 0.0688 e. The summed E-state index contributed by atoms with van der Waals surface area (Å²) in [5, 5.41) is 0. The van der Waals surface area contributed by atoms with E-state index in [0.717, 1.165) is 13.2 Å². The Balaban J connectivity index is 2.03. The van der Waals surface area contributed by atoms with Gasteiger partial charge in [0, 0.05) is 6.61 Å². The summed E-state index contributed by atoms with van der Waals surface area (Å²) in [5.74, 6) is 0. The molecule has 0 radical (unpaired) electrons. The SMILES string of the molecule is C[C@]1(CN)CCCC2(CCCCCCO2)C1. The molecule has 0 amide bonds. The van der Waals surface area contributed by atoms with Crippen molar-refractivity contribution in [2.45, 2.75) is 70.3 Å². The van der Waals surface area contributed by atoms with Gasteiger partial charge in [0.15, 0.2) is 0 Å². The predicted octanol–water partition coefficient (Wildman–Crippen LogP) is 3.24. The van der Waals surface area contributed by atoms with Crippen LogP contribution in [0.1, 0.15) is 64.7 Å². The van der Waals surface area contributed by atoms with Gasteiger partial charge in [-0.25, -0.2) is 0 Å². The Kier molecular flexibility index (Phi) is 3.91. The second-order valence-corrected chi connectivity index (χ2v) is 6.24. The lowest BCUT2D eigenvalue weighted by Gasteiger charge is -2.46. The first kappa shape index (κ1) is 12.4. The molecule has 16 heavy (non-hydrogen) atoms. The van der Waals surface area contributed by atoms with Crippen molar-refractivity contribution in [2.75, 3.05) is 13.2 Å². The van der Waals surface area contributed by atoms with Crippen LogP contribution in [-0.4, -0.2) is 18.8 Å². The normalized spacial score (nSPS) is 41.6. The van der Waals surface area contributed by atoms with Gasteiger partial charge >= 0.3 is 0 Å². The lowest BCUT2D eigenvalue weighted by atomic mass is 9.67. The molecule has 0 aromatic heterocycles. The minimum absolute atomic E-state index is 0.187. The van der Waals surface area contributed by atoms with Crippen LogP contribution in [0, 0.1) is 5.41 Å². The van der Waals surface area contributed by atoms with Crippen molar-refractivity contribution < 1.29 is 4.74 Å². The van der Waals surface area contributed by atoms with Crippen molar-refractivity contribution in [3.63, 3.8) is 0 Å². The Morgan fingerprint density at radius 2 is 1.75 bits per heavy atom. The van der Waals surface area contributed by atoms with E-state index in [4.69, 9.17) is 10.5 Å². The van der Waals surface area contributed by atoms with E-state index in [2.05, 4.69) is 6.92 Å². The van der Waals surface area contributed by atoms with Crippen LogP contribution in [0.4, 0.5) is 0 Å². The average Bonchev–Trinajstić information content (AvgIpc) is 2.25. The van der Waals surface area contributed by atoms with Crippen molar-refractivity contribution in [1.82, 2.24) is 0 Å². The number of nitrogens with two attached hydrogens (primary N) is 1. The number of rotatable bonds is 1. The summed E-state index contributed by atoms with van der Waals surface area (Å²) in [6.07, 6.45) is 11.7. The molecule has 2 rings (SSSR count). The summed E-state index contributed by atoms with van der Waals surface area (Å²) >= 11 is 0. The molecule has 2 heteroatoms. The molecule has 0 aromatic carbocycles. The Morgan fingerprint density at radius 1 is 1.00 bits per heavy atom. The Bertz CT molecular complexity index is 221. The standard InChI is InChI=1S/C14H27NO/c1-13(12-15)7-6-9-14(11-13)8-4-2-3-5-10-16-14/h2-12,15H2,1H3/t13-,14?/m0/s1. The Morgan fingerprint density at radius 3 is 2.56 bits per heavy atom. The van der Waals surface area contributed by atoms with E-state index >= 15 is 0 Å². The smallest absolute Gasteiger partial charge is 0.0688 e. The monoisotopic (exact) mass is 225 g/mol. The van der Waals surface area contributed by atoms with Gasteiger partial charge in [0.1, 0.15) is 0 Å². The summed E-state index contributed by atoms with van der Waals surface area (Å²) in [5.41, 5.74) is 6.46. The molecule has 2 fully saturated rings. The molecule has 1 aliphatic heterocycles. The quantitative estimate of drug-likeness (QED) is 0.743. The number of ether oxygens (including phenoxy) is 1. The zero-order valence-corrected chi connectivity index (χ0v) is 10.8. The van der Waals surface area contributed by atoms with E-state index in [-0.39, 0.29) is 5.60 Å². The summed E-state index contributed by atoms with van der Waals surface area (Å²) in [6.45, 7) is 4.13. The topological polar surface area (TPSA) is 35.2 Å². The highest BCUT2D eigenvalue weighted by Gasteiger charge is 2.42. The second-order valence-electron chi connectivity index (χ2n) is 6.24. The van der Waals surface area contributed by atoms with Gasteiger partial charge in [0.25, 0.3) is 0 Å². The van der Waals surface area contributed by atoms with Crippen LogP contribution in [0.3, 0.4) is 0 Å². The van der Waals surface area contributed by atoms with Gasteiger partial charge < -0.3 is 10.5 Å². The zero-order valence-electron chi connectivity index (χ0n) is 10.8. The highest BCUT2D eigenvalue weighted by Crippen LogP contribution is 2.45. The van der Waals surface area contributed by atoms with Crippen LogP contribution in [0.5, 0.6) is 0 Å². The zero-order chi connectivity index (χ0) is 11.5. The van der Waals surface area contributed by atoms with Crippen molar-refractivity contribution in [3.8, 4) is 0 Å².